The van der Waals surface area contributed by atoms with Gasteiger partial charge in [0.05, 0.1) is 5.92 Å². The first-order chi connectivity index (χ1) is 15.5. The van der Waals surface area contributed by atoms with E-state index in [1.165, 1.54) is 21.2 Å². The summed E-state index contributed by atoms with van der Waals surface area (Å²) < 4.78 is 29.8. The van der Waals surface area contributed by atoms with Crippen LogP contribution in [0, 0.1) is 5.92 Å². The monoisotopic (exact) mass is 467 g/mol. The molecule has 0 spiro atoms. The van der Waals surface area contributed by atoms with Gasteiger partial charge in [0.15, 0.2) is 0 Å². The Balaban J connectivity index is 1.38. The first kappa shape index (κ1) is 21.2. The highest BCUT2D eigenvalue weighted by molar-refractivity contribution is 7.91. The molecule has 0 saturated carbocycles. The van der Waals surface area contributed by atoms with Crippen LogP contribution < -0.4 is 5.32 Å². The lowest BCUT2D eigenvalue weighted by molar-refractivity contribution is -0.120. The minimum atomic E-state index is -3.54. The second kappa shape index (κ2) is 8.35. The normalized spacial score (nSPS) is 17.7. The maximum Gasteiger partial charge on any atom is 0.252 e. The summed E-state index contributed by atoms with van der Waals surface area (Å²) in [5.74, 6) is -0.499. The Morgan fingerprint density at radius 1 is 1.09 bits per heavy atom. The molecule has 166 valence electrons. The van der Waals surface area contributed by atoms with Crippen LogP contribution in [0.4, 0.5) is 5.69 Å². The number of nitrogens with one attached hydrogen (secondary N) is 1. The van der Waals surface area contributed by atoms with Crippen molar-refractivity contribution in [2.75, 3.05) is 18.4 Å². The molecule has 1 aliphatic rings. The third-order valence-corrected chi connectivity index (χ3v) is 9.44. The van der Waals surface area contributed by atoms with Gasteiger partial charge in [0, 0.05) is 47.1 Å². The van der Waals surface area contributed by atoms with Crippen LogP contribution in [0.3, 0.4) is 0 Å². The largest absolute Gasteiger partial charge is 0.341 e. The number of hydrogen-bond donors (Lipinski definition) is 1. The molecule has 0 bridgehead atoms. The lowest BCUT2D eigenvalue weighted by atomic mass is 9.98. The summed E-state index contributed by atoms with van der Waals surface area (Å²) in [4.78, 5) is 13.1. The van der Waals surface area contributed by atoms with Gasteiger partial charge in [-0.3, -0.25) is 4.79 Å². The van der Waals surface area contributed by atoms with E-state index >= 15 is 0 Å². The number of carbonyl (C=O) groups is 1. The first-order valence-corrected chi connectivity index (χ1v) is 13.2. The third kappa shape index (κ3) is 3.62. The van der Waals surface area contributed by atoms with E-state index in [0.29, 0.717) is 23.6 Å². The Morgan fingerprint density at radius 3 is 2.69 bits per heavy atom. The van der Waals surface area contributed by atoms with Gasteiger partial charge in [-0.2, -0.15) is 4.31 Å². The zero-order valence-corrected chi connectivity index (χ0v) is 19.5. The number of hydrogen-bond acceptors (Lipinski definition) is 4. The number of carbonyl (C=O) groups excluding carboxylic acids is 1. The Hall–Kier alpha value is -2.68. The van der Waals surface area contributed by atoms with Crippen molar-refractivity contribution in [3.05, 3.63) is 60.0 Å². The SMILES string of the molecule is CCn1c2ccccc2c2cc(NC(=O)[C@@H]3CCCN(S(=O)(=O)c4cccs4)C3)ccc21. The van der Waals surface area contributed by atoms with Gasteiger partial charge in [0.25, 0.3) is 10.0 Å². The van der Waals surface area contributed by atoms with E-state index in [2.05, 4.69) is 28.9 Å². The lowest BCUT2D eigenvalue weighted by Crippen LogP contribution is -2.43. The van der Waals surface area contributed by atoms with E-state index in [0.717, 1.165) is 28.5 Å². The summed E-state index contributed by atoms with van der Waals surface area (Å²) in [6.07, 6.45) is 1.35. The maximum absolute atomic E-state index is 13.1. The highest BCUT2D eigenvalue weighted by Gasteiger charge is 2.33. The molecule has 0 aliphatic carbocycles. The molecular weight excluding hydrogens is 442 g/mol. The Bertz CT molecular complexity index is 1390. The summed E-state index contributed by atoms with van der Waals surface area (Å²) >= 11 is 1.21. The molecule has 4 aromatic rings. The van der Waals surface area contributed by atoms with Gasteiger partial charge in [0.1, 0.15) is 4.21 Å². The number of aryl methyl sites for hydroxylation is 1. The first-order valence-electron chi connectivity index (χ1n) is 10.8. The van der Waals surface area contributed by atoms with Crippen molar-refractivity contribution in [2.24, 2.45) is 5.92 Å². The molecule has 5 rings (SSSR count). The predicted molar refractivity (Wildman–Crippen MR) is 130 cm³/mol. The Morgan fingerprint density at radius 2 is 1.91 bits per heavy atom. The lowest BCUT2D eigenvalue weighted by Gasteiger charge is -2.30. The van der Waals surface area contributed by atoms with E-state index in [4.69, 9.17) is 0 Å². The fourth-order valence-corrected chi connectivity index (χ4v) is 7.30. The topological polar surface area (TPSA) is 71.4 Å². The van der Waals surface area contributed by atoms with Crippen LogP contribution >= 0.6 is 11.3 Å². The van der Waals surface area contributed by atoms with E-state index in [9.17, 15) is 13.2 Å². The number of sulfonamides is 1. The number of rotatable bonds is 5. The Labute approximate surface area is 191 Å². The third-order valence-electron chi connectivity index (χ3n) is 6.20. The van der Waals surface area contributed by atoms with E-state index in [1.54, 1.807) is 17.5 Å². The van der Waals surface area contributed by atoms with E-state index in [1.807, 2.05) is 30.3 Å². The van der Waals surface area contributed by atoms with Crippen molar-refractivity contribution in [1.29, 1.82) is 0 Å². The number of anilines is 1. The molecule has 1 atom stereocenters. The summed E-state index contributed by atoms with van der Waals surface area (Å²) in [7, 11) is -3.54. The zero-order chi connectivity index (χ0) is 22.3. The van der Waals surface area contributed by atoms with Gasteiger partial charge in [0.2, 0.25) is 5.91 Å². The van der Waals surface area contributed by atoms with E-state index in [-0.39, 0.29) is 18.4 Å². The van der Waals surface area contributed by atoms with Crippen molar-refractivity contribution < 1.29 is 13.2 Å². The fraction of sp³-hybridized carbons (Fsp3) is 0.292. The highest BCUT2D eigenvalue weighted by atomic mass is 32.2. The van der Waals surface area contributed by atoms with Crippen molar-refractivity contribution in [3.63, 3.8) is 0 Å². The number of nitrogens with zero attached hydrogens (tertiary/aromatic N) is 2. The van der Waals surface area contributed by atoms with Crippen molar-refractivity contribution in [2.45, 2.75) is 30.5 Å². The summed E-state index contributed by atoms with van der Waals surface area (Å²) in [5.41, 5.74) is 3.05. The second-order valence-electron chi connectivity index (χ2n) is 8.12. The van der Waals surface area contributed by atoms with Crippen molar-refractivity contribution >= 4 is 54.8 Å². The number of thiophene rings is 1. The molecule has 1 aliphatic heterocycles. The number of para-hydroxylation sites is 1. The molecule has 1 amide bonds. The van der Waals surface area contributed by atoms with Gasteiger partial charge in [-0.05, 0) is 55.5 Å². The van der Waals surface area contributed by atoms with Crippen LogP contribution in [0.15, 0.2) is 64.2 Å². The molecular formula is C24H25N3O3S2. The molecule has 2 aromatic heterocycles. The molecule has 32 heavy (non-hydrogen) atoms. The predicted octanol–water partition coefficient (Wildman–Crippen LogP) is 4.92. The number of aromatic nitrogens is 1. The quantitative estimate of drug-likeness (QED) is 0.453. The average molecular weight is 468 g/mol. The van der Waals surface area contributed by atoms with Gasteiger partial charge in [-0.25, -0.2) is 8.42 Å². The minimum Gasteiger partial charge on any atom is -0.341 e. The molecule has 6 nitrogen and oxygen atoms in total. The molecule has 2 aromatic carbocycles. The molecule has 1 saturated heterocycles. The smallest absolute Gasteiger partial charge is 0.252 e. The fourth-order valence-electron chi connectivity index (χ4n) is 4.63. The van der Waals surface area contributed by atoms with Crippen LogP contribution in [-0.2, 0) is 21.4 Å². The number of piperidine rings is 1. The van der Waals surface area contributed by atoms with E-state index < -0.39 is 10.0 Å². The maximum atomic E-state index is 13.1. The zero-order valence-electron chi connectivity index (χ0n) is 17.8. The average Bonchev–Trinajstić information content (AvgIpc) is 3.46. The molecule has 8 heteroatoms. The second-order valence-corrected chi connectivity index (χ2v) is 11.2. The standard InChI is InChI=1S/C24H25N3O3S2/c1-2-27-21-9-4-3-8-19(21)20-15-18(11-12-22(20)27)25-24(28)17-7-5-13-26(16-17)32(29,30)23-10-6-14-31-23/h3-4,6,8-12,14-15,17H,2,5,7,13,16H2,1H3,(H,25,28)/t17-/m1/s1. The van der Waals surface area contributed by atoms with Crippen LogP contribution in [0.5, 0.6) is 0 Å². The van der Waals surface area contributed by atoms with Crippen LogP contribution in [0.2, 0.25) is 0 Å². The van der Waals surface area contributed by atoms with Crippen LogP contribution in [0.25, 0.3) is 21.8 Å². The van der Waals surface area contributed by atoms with Gasteiger partial charge < -0.3 is 9.88 Å². The number of amides is 1. The highest BCUT2D eigenvalue weighted by Crippen LogP contribution is 2.32. The molecule has 0 radical (unpaired) electrons. The minimum absolute atomic E-state index is 0.130. The molecule has 3 heterocycles. The van der Waals surface area contributed by atoms with Crippen molar-refractivity contribution in [3.8, 4) is 0 Å². The molecule has 1 N–H and O–H groups in total. The van der Waals surface area contributed by atoms with Gasteiger partial charge in [-0.15, -0.1) is 11.3 Å². The van der Waals surface area contributed by atoms with Crippen molar-refractivity contribution in [1.82, 2.24) is 8.87 Å². The van der Waals surface area contributed by atoms with Crippen LogP contribution in [0.1, 0.15) is 19.8 Å². The number of fused-ring (bicyclic) bond motifs is 3. The summed E-state index contributed by atoms with van der Waals surface area (Å²) in [6.45, 7) is 3.66. The number of benzene rings is 2. The molecule has 1 fully saturated rings. The summed E-state index contributed by atoms with van der Waals surface area (Å²) in [6, 6.07) is 17.6. The van der Waals surface area contributed by atoms with Crippen LogP contribution in [-0.4, -0.2) is 36.3 Å². The van der Waals surface area contributed by atoms with Gasteiger partial charge in [-0.1, -0.05) is 24.3 Å². The Kier molecular flexibility index (Phi) is 5.53. The van der Waals surface area contributed by atoms with Gasteiger partial charge >= 0.3 is 0 Å². The molecule has 0 unspecified atom stereocenters. The summed E-state index contributed by atoms with van der Waals surface area (Å²) in [5, 5.41) is 7.05.